The fraction of sp³-hybridized carbons (Fsp3) is 0.333. The second-order valence-electron chi connectivity index (χ2n) is 6.35. The fourth-order valence-electron chi connectivity index (χ4n) is 3.54. The number of hydrogen-bond donors (Lipinski definition) is 2. The average molecular weight is 279 g/mol. The summed E-state index contributed by atoms with van der Waals surface area (Å²) in [5, 5.41) is 7.37. The second kappa shape index (κ2) is 4.42. The lowest BCUT2D eigenvalue weighted by molar-refractivity contribution is 0.270. The van der Waals surface area contributed by atoms with E-state index in [2.05, 4.69) is 72.7 Å². The van der Waals surface area contributed by atoms with Crippen molar-refractivity contribution in [3.8, 4) is 0 Å². The minimum atomic E-state index is 0.223. The number of hydrogen-bond acceptors (Lipinski definition) is 3. The smallest absolute Gasteiger partial charge is 0.141 e. The number of fused-ring (bicyclic) bond motifs is 3. The predicted molar refractivity (Wildman–Crippen MR) is 87.9 cm³/mol. The third-order valence-corrected chi connectivity index (χ3v) is 4.49. The quantitative estimate of drug-likeness (QED) is 0.811. The molecule has 1 aromatic rings. The number of nitrogens with one attached hydrogen (secondary N) is 2. The third kappa shape index (κ3) is 1.80. The Morgan fingerprint density at radius 3 is 2.67 bits per heavy atom. The van der Waals surface area contributed by atoms with Gasteiger partial charge in [0.15, 0.2) is 0 Å². The van der Waals surface area contributed by atoms with Crippen molar-refractivity contribution in [3.63, 3.8) is 0 Å². The molecule has 3 heteroatoms. The first kappa shape index (κ1) is 12.6. The average Bonchev–Trinajstić information content (AvgIpc) is 2.78. The van der Waals surface area contributed by atoms with Gasteiger partial charge < -0.3 is 15.5 Å². The van der Waals surface area contributed by atoms with Gasteiger partial charge in [0.25, 0.3) is 0 Å². The summed E-state index contributed by atoms with van der Waals surface area (Å²) >= 11 is 0. The normalized spacial score (nSPS) is 22.9. The predicted octanol–water partition coefficient (Wildman–Crippen LogP) is 4.06. The fourth-order valence-corrected chi connectivity index (χ4v) is 3.54. The van der Waals surface area contributed by atoms with Gasteiger partial charge in [-0.3, -0.25) is 0 Å². The van der Waals surface area contributed by atoms with E-state index in [9.17, 15) is 0 Å². The van der Waals surface area contributed by atoms with Crippen LogP contribution >= 0.6 is 0 Å². The van der Waals surface area contributed by atoms with E-state index in [1.165, 1.54) is 33.9 Å². The van der Waals surface area contributed by atoms with Gasteiger partial charge in [-0.2, -0.15) is 0 Å². The first-order valence-electron chi connectivity index (χ1n) is 7.67. The van der Waals surface area contributed by atoms with Crippen molar-refractivity contribution >= 4 is 11.4 Å². The zero-order chi connectivity index (χ0) is 14.6. The highest BCUT2D eigenvalue weighted by Gasteiger charge is 2.40. The van der Waals surface area contributed by atoms with Gasteiger partial charge in [-0.05, 0) is 45.4 Å². The minimum absolute atomic E-state index is 0.223. The summed E-state index contributed by atoms with van der Waals surface area (Å²) in [6.07, 6.45) is 5.78. The van der Waals surface area contributed by atoms with E-state index < -0.39 is 0 Å². The van der Waals surface area contributed by atoms with Crippen LogP contribution in [-0.4, -0.2) is 17.1 Å². The zero-order valence-corrected chi connectivity index (χ0v) is 12.8. The highest BCUT2D eigenvalue weighted by atomic mass is 15.4. The second-order valence-corrected chi connectivity index (χ2v) is 6.35. The van der Waals surface area contributed by atoms with E-state index in [4.69, 9.17) is 0 Å². The number of rotatable bonds is 1. The standard InChI is InChI=1S/C18H21N3/c1-11(2)21-16-9-8-12(3)10-13(16)17-18(21)20-15-7-5-4-6-14(15)19-17/h4-9,11,18-20H,10H2,1-3H3. The van der Waals surface area contributed by atoms with Crippen LogP contribution in [0.4, 0.5) is 11.4 Å². The molecule has 3 aliphatic rings. The van der Waals surface area contributed by atoms with E-state index in [1.54, 1.807) is 0 Å². The number of anilines is 2. The maximum atomic E-state index is 3.70. The van der Waals surface area contributed by atoms with Crippen molar-refractivity contribution in [2.24, 2.45) is 0 Å². The number of para-hydroxylation sites is 2. The van der Waals surface area contributed by atoms with Crippen molar-refractivity contribution in [3.05, 3.63) is 59.0 Å². The highest BCUT2D eigenvalue weighted by molar-refractivity contribution is 5.77. The molecule has 108 valence electrons. The molecule has 0 bridgehead atoms. The lowest BCUT2D eigenvalue weighted by Gasteiger charge is -2.37. The van der Waals surface area contributed by atoms with E-state index in [1.807, 2.05) is 0 Å². The van der Waals surface area contributed by atoms with Crippen LogP contribution in [0, 0.1) is 0 Å². The molecule has 1 aliphatic carbocycles. The Morgan fingerprint density at radius 1 is 1.14 bits per heavy atom. The Morgan fingerprint density at radius 2 is 1.90 bits per heavy atom. The molecule has 1 atom stereocenters. The molecule has 0 saturated heterocycles. The Bertz CT molecular complexity index is 694. The summed E-state index contributed by atoms with van der Waals surface area (Å²) < 4.78 is 0. The van der Waals surface area contributed by atoms with Crippen molar-refractivity contribution < 1.29 is 0 Å². The van der Waals surface area contributed by atoms with Crippen LogP contribution in [0.2, 0.25) is 0 Å². The van der Waals surface area contributed by atoms with Crippen LogP contribution in [0.15, 0.2) is 59.0 Å². The molecule has 3 nitrogen and oxygen atoms in total. The maximum Gasteiger partial charge on any atom is 0.141 e. The van der Waals surface area contributed by atoms with Crippen LogP contribution in [-0.2, 0) is 0 Å². The van der Waals surface area contributed by atoms with E-state index in [0.717, 1.165) is 6.42 Å². The van der Waals surface area contributed by atoms with Gasteiger partial charge in [0.2, 0.25) is 0 Å². The first-order valence-corrected chi connectivity index (χ1v) is 7.67. The third-order valence-electron chi connectivity index (χ3n) is 4.49. The first-order chi connectivity index (χ1) is 10.1. The molecular formula is C18H21N3. The van der Waals surface area contributed by atoms with E-state index in [-0.39, 0.29) is 6.17 Å². The molecule has 4 rings (SSSR count). The summed E-state index contributed by atoms with van der Waals surface area (Å²) in [7, 11) is 0. The number of allylic oxidation sites excluding steroid dienone is 4. The summed E-state index contributed by atoms with van der Waals surface area (Å²) in [6, 6.07) is 8.90. The molecule has 2 aliphatic heterocycles. The monoisotopic (exact) mass is 279 g/mol. The van der Waals surface area contributed by atoms with Crippen molar-refractivity contribution in [2.45, 2.75) is 39.4 Å². The van der Waals surface area contributed by atoms with Gasteiger partial charge >= 0.3 is 0 Å². The molecule has 2 N–H and O–H groups in total. The van der Waals surface area contributed by atoms with Crippen LogP contribution in [0.1, 0.15) is 27.2 Å². The molecule has 0 spiro atoms. The Hall–Kier alpha value is -2.16. The minimum Gasteiger partial charge on any atom is -0.359 e. The van der Waals surface area contributed by atoms with Gasteiger partial charge in [0.1, 0.15) is 6.17 Å². The van der Waals surface area contributed by atoms with Gasteiger partial charge in [-0.25, -0.2) is 0 Å². The van der Waals surface area contributed by atoms with E-state index in [0.29, 0.717) is 6.04 Å². The van der Waals surface area contributed by atoms with Gasteiger partial charge in [0, 0.05) is 17.3 Å². The Kier molecular flexibility index (Phi) is 2.64. The van der Waals surface area contributed by atoms with Crippen LogP contribution in [0.25, 0.3) is 0 Å². The molecule has 0 amide bonds. The SMILES string of the molecule is CC1=CC=C2C(=C3Nc4ccccc4NC3N2C(C)C)C1. The zero-order valence-electron chi connectivity index (χ0n) is 12.8. The summed E-state index contributed by atoms with van der Waals surface area (Å²) in [4.78, 5) is 2.48. The molecular weight excluding hydrogens is 258 g/mol. The van der Waals surface area contributed by atoms with Gasteiger partial charge in [0.05, 0.1) is 17.1 Å². The molecule has 1 aromatic carbocycles. The molecule has 21 heavy (non-hydrogen) atoms. The molecule has 0 saturated carbocycles. The van der Waals surface area contributed by atoms with Crippen LogP contribution in [0.3, 0.4) is 0 Å². The summed E-state index contributed by atoms with van der Waals surface area (Å²) in [5.74, 6) is 0. The molecule has 0 fully saturated rings. The van der Waals surface area contributed by atoms with Crippen LogP contribution in [0.5, 0.6) is 0 Å². The summed E-state index contributed by atoms with van der Waals surface area (Å²) in [6.45, 7) is 6.72. The van der Waals surface area contributed by atoms with Gasteiger partial charge in [-0.15, -0.1) is 0 Å². The Labute approximate surface area is 126 Å². The maximum absolute atomic E-state index is 3.70. The molecule has 0 radical (unpaired) electrons. The number of nitrogens with zero attached hydrogens (tertiary/aromatic N) is 1. The van der Waals surface area contributed by atoms with E-state index >= 15 is 0 Å². The lowest BCUT2D eigenvalue weighted by atomic mass is 9.97. The van der Waals surface area contributed by atoms with Gasteiger partial charge in [-0.1, -0.05) is 23.8 Å². The van der Waals surface area contributed by atoms with Crippen molar-refractivity contribution in [1.82, 2.24) is 4.90 Å². The van der Waals surface area contributed by atoms with Crippen LogP contribution < -0.4 is 10.6 Å². The van der Waals surface area contributed by atoms with Crippen molar-refractivity contribution in [1.29, 1.82) is 0 Å². The largest absolute Gasteiger partial charge is 0.359 e. The topological polar surface area (TPSA) is 27.3 Å². The van der Waals surface area contributed by atoms with Crippen molar-refractivity contribution in [2.75, 3.05) is 10.6 Å². The number of benzene rings is 1. The lowest BCUT2D eigenvalue weighted by Crippen LogP contribution is -2.44. The summed E-state index contributed by atoms with van der Waals surface area (Å²) in [5.41, 5.74) is 7.90. The highest BCUT2D eigenvalue weighted by Crippen LogP contribution is 2.44. The molecule has 1 unspecified atom stereocenters. The molecule has 2 heterocycles. The Balaban J connectivity index is 1.84. The molecule has 0 aromatic heterocycles.